The highest BCUT2D eigenvalue weighted by molar-refractivity contribution is 7.14. The fourth-order valence-corrected chi connectivity index (χ4v) is 2.16. The van der Waals surface area contributed by atoms with Crippen LogP contribution in [0.4, 0.5) is 0 Å². The van der Waals surface area contributed by atoms with Crippen molar-refractivity contribution in [2.45, 2.75) is 20.8 Å². The van der Waals surface area contributed by atoms with Crippen molar-refractivity contribution in [2.24, 2.45) is 0 Å². The van der Waals surface area contributed by atoms with Gasteiger partial charge in [-0.05, 0) is 32.0 Å². The number of hydrogen-bond acceptors (Lipinski definition) is 3. The molecule has 1 amide bonds. The average molecular weight is 263 g/mol. The van der Waals surface area contributed by atoms with E-state index in [0.29, 0.717) is 6.54 Å². The predicted molar refractivity (Wildman–Crippen MR) is 71.9 cm³/mol. The van der Waals surface area contributed by atoms with Crippen LogP contribution >= 0.6 is 23.7 Å². The molecule has 92 valence electrons. The van der Waals surface area contributed by atoms with Crippen molar-refractivity contribution in [1.29, 1.82) is 0 Å². The highest BCUT2D eigenvalue weighted by atomic mass is 35.5. The molecule has 1 aromatic heterocycles. The Morgan fingerprint density at radius 1 is 1.38 bits per heavy atom. The molecule has 0 fully saturated rings. The van der Waals surface area contributed by atoms with Crippen LogP contribution < -0.4 is 10.6 Å². The first-order valence-corrected chi connectivity index (χ1v) is 6.02. The molecule has 1 rings (SSSR count). The second-order valence-electron chi connectivity index (χ2n) is 3.46. The van der Waals surface area contributed by atoms with Crippen molar-refractivity contribution < 1.29 is 4.79 Å². The molecular formula is C11H19ClN2OS. The number of thiophene rings is 1. The Kier molecular flexibility index (Phi) is 7.38. The molecule has 0 spiro atoms. The van der Waals surface area contributed by atoms with E-state index in [1.54, 1.807) is 11.3 Å². The lowest BCUT2D eigenvalue weighted by atomic mass is 10.3. The monoisotopic (exact) mass is 262 g/mol. The first-order chi connectivity index (χ1) is 7.15. The van der Waals surface area contributed by atoms with Crippen molar-refractivity contribution in [3.05, 3.63) is 21.4 Å². The lowest BCUT2D eigenvalue weighted by molar-refractivity contribution is 0.0958. The van der Waals surface area contributed by atoms with E-state index in [9.17, 15) is 4.79 Å². The molecular weight excluding hydrogens is 244 g/mol. The summed E-state index contributed by atoms with van der Waals surface area (Å²) < 4.78 is 0. The van der Waals surface area contributed by atoms with E-state index in [1.807, 2.05) is 26.8 Å². The van der Waals surface area contributed by atoms with Gasteiger partial charge in [-0.3, -0.25) is 4.79 Å². The number of carbonyl (C=O) groups excluding carboxylic acids is 1. The Bertz CT molecular complexity index is 319. The number of likely N-dealkylation sites (N-methyl/N-ethyl adjacent to an activating group) is 1. The van der Waals surface area contributed by atoms with Crippen molar-refractivity contribution in [3.8, 4) is 0 Å². The smallest absolute Gasteiger partial charge is 0.261 e. The van der Waals surface area contributed by atoms with Gasteiger partial charge in [0.1, 0.15) is 0 Å². The lowest BCUT2D eigenvalue weighted by Crippen LogP contribution is -2.31. The summed E-state index contributed by atoms with van der Waals surface area (Å²) in [7, 11) is 0. The number of hydrogen-bond donors (Lipinski definition) is 2. The minimum Gasteiger partial charge on any atom is -0.350 e. The number of rotatable bonds is 5. The zero-order chi connectivity index (χ0) is 11.3. The number of halogens is 1. The van der Waals surface area contributed by atoms with Crippen LogP contribution in [0.3, 0.4) is 0 Å². The largest absolute Gasteiger partial charge is 0.350 e. The Labute approximate surface area is 107 Å². The molecule has 2 N–H and O–H groups in total. The van der Waals surface area contributed by atoms with Gasteiger partial charge in [0, 0.05) is 18.0 Å². The maximum Gasteiger partial charge on any atom is 0.261 e. The van der Waals surface area contributed by atoms with Gasteiger partial charge in [0.25, 0.3) is 5.91 Å². The molecule has 0 aromatic carbocycles. The van der Waals surface area contributed by atoms with Gasteiger partial charge in [-0.2, -0.15) is 0 Å². The van der Waals surface area contributed by atoms with Gasteiger partial charge in [-0.1, -0.05) is 6.92 Å². The van der Waals surface area contributed by atoms with Crippen molar-refractivity contribution in [2.75, 3.05) is 19.6 Å². The zero-order valence-corrected chi connectivity index (χ0v) is 11.6. The van der Waals surface area contributed by atoms with Gasteiger partial charge in [0.15, 0.2) is 0 Å². The highest BCUT2D eigenvalue weighted by Crippen LogP contribution is 2.20. The maximum atomic E-state index is 11.6. The number of carbonyl (C=O) groups is 1. The molecule has 0 saturated carbocycles. The molecule has 5 heteroatoms. The minimum atomic E-state index is 0. The molecule has 0 bridgehead atoms. The standard InChI is InChI=1S/C11H18N2OS.ClH/c1-4-12-5-6-13-11(14)10-7-8(2)9(3)15-10;/h7,12H,4-6H2,1-3H3,(H,13,14);1H. The van der Waals surface area contributed by atoms with Crippen molar-refractivity contribution in [3.63, 3.8) is 0 Å². The van der Waals surface area contributed by atoms with Gasteiger partial charge >= 0.3 is 0 Å². The summed E-state index contributed by atoms with van der Waals surface area (Å²) in [5, 5.41) is 6.04. The van der Waals surface area contributed by atoms with Gasteiger partial charge in [0.2, 0.25) is 0 Å². The molecule has 0 aliphatic heterocycles. The summed E-state index contributed by atoms with van der Waals surface area (Å²) in [5.74, 6) is 0.0362. The second kappa shape index (κ2) is 7.65. The highest BCUT2D eigenvalue weighted by Gasteiger charge is 2.09. The Morgan fingerprint density at radius 2 is 2.06 bits per heavy atom. The summed E-state index contributed by atoms with van der Waals surface area (Å²) in [6.07, 6.45) is 0. The lowest BCUT2D eigenvalue weighted by Gasteiger charge is -2.03. The molecule has 0 aliphatic rings. The van der Waals surface area contributed by atoms with Gasteiger partial charge in [0.05, 0.1) is 4.88 Å². The first-order valence-electron chi connectivity index (χ1n) is 5.21. The third-order valence-electron chi connectivity index (χ3n) is 2.23. The van der Waals surface area contributed by atoms with E-state index in [-0.39, 0.29) is 18.3 Å². The van der Waals surface area contributed by atoms with E-state index < -0.39 is 0 Å². The van der Waals surface area contributed by atoms with E-state index in [0.717, 1.165) is 18.0 Å². The fourth-order valence-electron chi connectivity index (χ4n) is 1.21. The van der Waals surface area contributed by atoms with Gasteiger partial charge in [-0.15, -0.1) is 23.7 Å². The van der Waals surface area contributed by atoms with Crippen LogP contribution in [0.5, 0.6) is 0 Å². The fraction of sp³-hybridized carbons (Fsp3) is 0.545. The molecule has 16 heavy (non-hydrogen) atoms. The summed E-state index contributed by atoms with van der Waals surface area (Å²) in [5.41, 5.74) is 1.19. The van der Waals surface area contributed by atoms with Crippen LogP contribution in [0.25, 0.3) is 0 Å². The summed E-state index contributed by atoms with van der Waals surface area (Å²) >= 11 is 1.55. The van der Waals surface area contributed by atoms with Crippen LogP contribution in [0.1, 0.15) is 27.0 Å². The van der Waals surface area contributed by atoms with Crippen LogP contribution in [0.2, 0.25) is 0 Å². The van der Waals surface area contributed by atoms with Crippen molar-refractivity contribution >= 4 is 29.7 Å². The first kappa shape index (κ1) is 15.4. The molecule has 1 aromatic rings. The molecule has 0 saturated heterocycles. The Morgan fingerprint density at radius 3 is 2.56 bits per heavy atom. The van der Waals surface area contributed by atoms with Gasteiger partial charge < -0.3 is 10.6 Å². The Balaban J connectivity index is 0.00000225. The normalized spacial score (nSPS) is 9.69. The van der Waals surface area contributed by atoms with Gasteiger partial charge in [-0.25, -0.2) is 0 Å². The van der Waals surface area contributed by atoms with Crippen LogP contribution in [0, 0.1) is 13.8 Å². The second-order valence-corrected chi connectivity index (χ2v) is 4.72. The summed E-state index contributed by atoms with van der Waals surface area (Å²) in [4.78, 5) is 13.7. The van der Waals surface area contributed by atoms with E-state index >= 15 is 0 Å². The summed E-state index contributed by atoms with van der Waals surface area (Å²) in [6.45, 7) is 8.56. The third kappa shape index (κ3) is 4.51. The van der Waals surface area contributed by atoms with Crippen LogP contribution in [-0.2, 0) is 0 Å². The number of aryl methyl sites for hydroxylation is 2. The number of nitrogens with one attached hydrogen (secondary N) is 2. The van der Waals surface area contributed by atoms with Crippen LogP contribution in [-0.4, -0.2) is 25.5 Å². The van der Waals surface area contributed by atoms with Crippen LogP contribution in [0.15, 0.2) is 6.07 Å². The molecule has 1 heterocycles. The third-order valence-corrected chi connectivity index (χ3v) is 3.38. The Hall–Kier alpha value is -0.580. The molecule has 0 radical (unpaired) electrons. The number of amides is 1. The quantitative estimate of drug-likeness (QED) is 0.799. The predicted octanol–water partition coefficient (Wildman–Crippen LogP) is 2.13. The van der Waals surface area contributed by atoms with E-state index in [4.69, 9.17) is 0 Å². The van der Waals surface area contributed by atoms with E-state index in [2.05, 4.69) is 10.6 Å². The average Bonchev–Trinajstić information content (AvgIpc) is 2.54. The molecule has 3 nitrogen and oxygen atoms in total. The SMILES string of the molecule is CCNCCNC(=O)c1cc(C)c(C)s1.Cl. The maximum absolute atomic E-state index is 11.6. The molecule has 0 aliphatic carbocycles. The van der Waals surface area contributed by atoms with E-state index in [1.165, 1.54) is 10.4 Å². The summed E-state index contributed by atoms with van der Waals surface area (Å²) in [6, 6.07) is 1.95. The zero-order valence-electron chi connectivity index (χ0n) is 9.92. The van der Waals surface area contributed by atoms with Crippen molar-refractivity contribution in [1.82, 2.24) is 10.6 Å². The molecule has 0 unspecified atom stereocenters. The topological polar surface area (TPSA) is 41.1 Å². The minimum absolute atomic E-state index is 0. The molecule has 0 atom stereocenters.